The number of benzene rings is 2. The number of carbonyl (C=O) groups excluding carboxylic acids is 5. The smallest absolute Gasteiger partial charge is 0.328 e. The Labute approximate surface area is 361 Å². The predicted molar refractivity (Wildman–Crippen MR) is 226 cm³/mol. The lowest BCUT2D eigenvalue weighted by Crippen LogP contribution is -2.51. The lowest BCUT2D eigenvalue weighted by molar-refractivity contribution is -0.131. The molecule has 4 aromatic rings. The molecule has 0 radical (unpaired) electrons. The number of pyridine rings is 1. The number of piperidine rings is 1. The van der Waals surface area contributed by atoms with Gasteiger partial charge in [0, 0.05) is 87.8 Å². The van der Waals surface area contributed by atoms with Crippen molar-refractivity contribution in [1.82, 2.24) is 40.3 Å². The molecule has 2 aromatic carbocycles. The zero-order chi connectivity index (χ0) is 43.3. The largest absolute Gasteiger partial charge is 0.365 e. The van der Waals surface area contributed by atoms with E-state index in [1.54, 1.807) is 41.3 Å². The molecule has 0 saturated carbocycles. The minimum atomic E-state index is -0.991. The zero-order valence-electron chi connectivity index (χ0n) is 33.8. The van der Waals surface area contributed by atoms with E-state index in [-0.39, 0.29) is 48.6 Å². The molecule has 3 fully saturated rings. The Balaban J connectivity index is 0.760. The number of piperazine rings is 1. The van der Waals surface area contributed by atoms with E-state index in [0.29, 0.717) is 79.3 Å². The normalized spacial score (nSPS) is 17.2. The number of likely N-dealkylation sites (tertiary alicyclic amines) is 1. The molecule has 62 heavy (non-hydrogen) atoms. The molecular weight excluding hydrogens is 819 g/mol. The first-order chi connectivity index (χ1) is 30.0. The molecule has 6 heterocycles. The Hall–Kier alpha value is -6.71. The Kier molecular flexibility index (Phi) is 12.5. The summed E-state index contributed by atoms with van der Waals surface area (Å²) in [6, 6.07) is 16.6. The fourth-order valence-corrected chi connectivity index (χ4v) is 8.51. The van der Waals surface area contributed by atoms with Crippen LogP contribution in [-0.2, 0) is 22.6 Å². The molecule has 320 valence electrons. The van der Waals surface area contributed by atoms with Crippen LogP contribution in [0.2, 0.25) is 5.02 Å². The zero-order valence-corrected chi connectivity index (χ0v) is 34.5. The Bertz CT molecular complexity index is 2450. The van der Waals surface area contributed by atoms with Crippen LogP contribution in [0.4, 0.5) is 32.2 Å². The third kappa shape index (κ3) is 9.43. The second kappa shape index (κ2) is 18.5. The molecule has 6 amide bonds. The monoisotopic (exact) mass is 862 g/mol. The number of aromatic nitrogens is 3. The quantitative estimate of drug-likeness (QED) is 0.196. The van der Waals surface area contributed by atoms with E-state index >= 15 is 4.39 Å². The lowest BCUT2D eigenvalue weighted by Gasteiger charge is -2.39. The van der Waals surface area contributed by atoms with Gasteiger partial charge in [0.15, 0.2) is 0 Å². The summed E-state index contributed by atoms with van der Waals surface area (Å²) in [7, 11) is 0. The summed E-state index contributed by atoms with van der Waals surface area (Å²) in [5, 5.41) is 17.5. The van der Waals surface area contributed by atoms with E-state index in [1.165, 1.54) is 23.4 Å². The van der Waals surface area contributed by atoms with Gasteiger partial charge >= 0.3 is 6.03 Å². The van der Waals surface area contributed by atoms with Crippen molar-refractivity contribution < 1.29 is 28.4 Å². The maximum Gasteiger partial charge on any atom is 0.328 e. The minimum absolute atomic E-state index is 0.105. The second-order valence-corrected chi connectivity index (χ2v) is 16.1. The number of amides is 6. The highest BCUT2D eigenvalue weighted by atomic mass is 35.5. The number of anilines is 4. The highest BCUT2D eigenvalue weighted by Crippen LogP contribution is 2.31. The van der Waals surface area contributed by atoms with Crippen molar-refractivity contribution in [3.63, 3.8) is 0 Å². The molecule has 17 nitrogen and oxygen atoms in total. The van der Waals surface area contributed by atoms with E-state index in [0.717, 1.165) is 49.4 Å². The van der Waals surface area contributed by atoms with Crippen LogP contribution in [0.25, 0.3) is 0 Å². The fraction of sp³-hybridized carbons (Fsp3) is 0.372. The van der Waals surface area contributed by atoms with Gasteiger partial charge in [-0.15, -0.1) is 0 Å². The van der Waals surface area contributed by atoms with E-state index in [1.807, 2.05) is 11.0 Å². The number of nitriles is 1. The molecule has 4 aliphatic rings. The van der Waals surface area contributed by atoms with Gasteiger partial charge in [-0.2, -0.15) is 9.65 Å². The maximum absolute atomic E-state index is 15.2. The topological polar surface area (TPSA) is 200 Å². The van der Waals surface area contributed by atoms with Crippen molar-refractivity contribution >= 4 is 64.3 Å². The summed E-state index contributed by atoms with van der Waals surface area (Å²) in [5.74, 6) is -1.39. The molecule has 19 heteroatoms. The number of hydrogen-bond acceptors (Lipinski definition) is 12. The van der Waals surface area contributed by atoms with Crippen LogP contribution in [-0.4, -0.2) is 125 Å². The van der Waals surface area contributed by atoms with Crippen molar-refractivity contribution in [2.24, 2.45) is 5.92 Å². The first-order valence-corrected chi connectivity index (χ1v) is 20.9. The molecule has 0 unspecified atom stereocenters. The molecule has 4 aliphatic heterocycles. The van der Waals surface area contributed by atoms with Gasteiger partial charge in [0.2, 0.25) is 17.8 Å². The van der Waals surface area contributed by atoms with Gasteiger partial charge in [-0.1, -0.05) is 17.7 Å². The summed E-state index contributed by atoms with van der Waals surface area (Å²) in [5.41, 5.74) is 3.66. The number of rotatable bonds is 10. The van der Waals surface area contributed by atoms with Gasteiger partial charge in [-0.25, -0.2) is 19.7 Å². The van der Waals surface area contributed by atoms with E-state index in [4.69, 9.17) is 11.6 Å². The van der Waals surface area contributed by atoms with Gasteiger partial charge in [0.1, 0.15) is 24.0 Å². The lowest BCUT2D eigenvalue weighted by atomic mass is 9.95. The Morgan fingerprint density at radius 3 is 2.45 bits per heavy atom. The number of nitrogens with one attached hydrogen (secondary N) is 3. The SMILES string of the molecule is N#Cc1ccc(N2CCc3c(ncnc3Nc3ccc(C(=O)NCC(=O)N4CCC(CN5CCN(C(=O)c6cccc(N7CCC(=O)NC7=O)c6)CC5)CC4)c(F)n3)C2)cc1Cl. The van der Waals surface area contributed by atoms with Crippen LogP contribution in [0.1, 0.15) is 56.8 Å². The predicted octanol–water partition coefficient (Wildman–Crippen LogP) is 3.71. The maximum atomic E-state index is 15.2. The Morgan fingerprint density at radius 1 is 0.903 bits per heavy atom. The van der Waals surface area contributed by atoms with Crippen molar-refractivity contribution in [2.45, 2.75) is 32.2 Å². The first kappa shape index (κ1) is 42.0. The summed E-state index contributed by atoms with van der Waals surface area (Å²) < 4.78 is 15.2. The summed E-state index contributed by atoms with van der Waals surface area (Å²) in [4.78, 5) is 85.4. The molecule has 3 N–H and O–H groups in total. The molecular formula is C43H44ClFN12O5. The van der Waals surface area contributed by atoms with Crippen LogP contribution in [0.3, 0.4) is 0 Å². The number of halogens is 2. The highest BCUT2D eigenvalue weighted by Gasteiger charge is 2.30. The summed E-state index contributed by atoms with van der Waals surface area (Å²) in [6.45, 7) is 5.60. The third-order valence-electron chi connectivity index (χ3n) is 11.8. The van der Waals surface area contributed by atoms with Gasteiger partial charge < -0.3 is 25.3 Å². The first-order valence-electron chi connectivity index (χ1n) is 20.5. The van der Waals surface area contributed by atoms with Crippen molar-refractivity contribution in [3.8, 4) is 6.07 Å². The number of fused-ring (bicyclic) bond motifs is 1. The van der Waals surface area contributed by atoms with E-state index < -0.39 is 17.9 Å². The van der Waals surface area contributed by atoms with E-state index in [9.17, 15) is 29.2 Å². The number of imide groups is 1. The number of nitrogens with zero attached hydrogens (tertiary/aromatic N) is 9. The van der Waals surface area contributed by atoms with Crippen LogP contribution in [0.5, 0.6) is 0 Å². The van der Waals surface area contributed by atoms with Crippen molar-refractivity contribution in [1.29, 1.82) is 5.26 Å². The molecule has 0 spiro atoms. The van der Waals surface area contributed by atoms with Crippen LogP contribution < -0.4 is 25.8 Å². The highest BCUT2D eigenvalue weighted by molar-refractivity contribution is 6.32. The minimum Gasteiger partial charge on any atom is -0.365 e. The van der Waals surface area contributed by atoms with Gasteiger partial charge in [-0.05, 0) is 73.7 Å². The average Bonchev–Trinajstić information content (AvgIpc) is 3.28. The van der Waals surface area contributed by atoms with Gasteiger partial charge in [0.25, 0.3) is 11.8 Å². The molecule has 0 bridgehead atoms. The molecule has 2 aromatic heterocycles. The molecule has 3 saturated heterocycles. The molecule has 8 rings (SSSR count). The standard InChI is InChI=1S/C43H44ClFN12O5/c44-34-21-30(5-4-29(34)22-46)56-14-10-32-35(25-56)48-26-49-40(32)51-36-7-6-33(39(45)50-36)41(60)47-23-38(59)54-12-8-27(9-13-54)24-53-16-18-55(19-17-53)42(61)28-2-1-3-31(20-28)57-15-11-37(58)52-43(57)62/h1-7,20-21,26-27H,8-19,23-25H2,(H,47,60)(H,52,58,62)(H,48,49,50,51). The number of urea groups is 1. The average molecular weight is 863 g/mol. The Morgan fingerprint density at radius 2 is 1.71 bits per heavy atom. The van der Waals surface area contributed by atoms with Gasteiger partial charge in [0.05, 0.1) is 34.9 Å². The third-order valence-corrected chi connectivity index (χ3v) is 12.1. The van der Waals surface area contributed by atoms with Crippen LogP contribution >= 0.6 is 11.6 Å². The van der Waals surface area contributed by atoms with Crippen molar-refractivity contribution in [2.75, 3.05) is 80.6 Å². The summed E-state index contributed by atoms with van der Waals surface area (Å²) in [6.07, 6.45) is 3.80. The summed E-state index contributed by atoms with van der Waals surface area (Å²) >= 11 is 6.26. The van der Waals surface area contributed by atoms with Crippen LogP contribution in [0, 0.1) is 23.2 Å². The molecule has 0 aliphatic carbocycles. The van der Waals surface area contributed by atoms with Crippen molar-refractivity contribution in [3.05, 3.63) is 99.8 Å². The molecule has 0 atom stereocenters. The second-order valence-electron chi connectivity index (χ2n) is 15.7. The number of carbonyl (C=O) groups is 5. The fourth-order valence-electron chi connectivity index (χ4n) is 8.29. The van der Waals surface area contributed by atoms with Crippen LogP contribution in [0.15, 0.2) is 60.9 Å². The number of hydrogen-bond donors (Lipinski definition) is 3. The van der Waals surface area contributed by atoms with E-state index in [2.05, 4.69) is 46.8 Å². The van der Waals surface area contributed by atoms with Gasteiger partial charge in [-0.3, -0.25) is 34.3 Å².